The summed E-state index contributed by atoms with van der Waals surface area (Å²) in [5.41, 5.74) is 3.35. The molecule has 1 aromatic carbocycles. The molecular formula is C16H20N4O2S. The number of β-amino-alcohol motifs (C(OH)–C–C–N with tert-alkyl or cyclic N) is 1. The van der Waals surface area contributed by atoms with Crippen LogP contribution in [0.15, 0.2) is 18.2 Å². The van der Waals surface area contributed by atoms with Crippen LogP contribution in [0.25, 0.3) is 10.6 Å². The van der Waals surface area contributed by atoms with Crippen LogP contribution in [0.5, 0.6) is 0 Å². The lowest BCUT2D eigenvalue weighted by Crippen LogP contribution is -2.44. The van der Waals surface area contributed by atoms with Gasteiger partial charge in [0.2, 0.25) is 5.13 Å². The molecule has 0 aliphatic carbocycles. The number of anilines is 1. The maximum atomic E-state index is 12.2. The summed E-state index contributed by atoms with van der Waals surface area (Å²) in [6.07, 6.45) is 1.13. The first-order chi connectivity index (χ1) is 11.0. The van der Waals surface area contributed by atoms with Crippen LogP contribution in [0, 0.1) is 13.8 Å². The van der Waals surface area contributed by atoms with Crippen molar-refractivity contribution in [2.75, 3.05) is 18.4 Å². The normalized spacial score (nSPS) is 18.0. The number of amides is 2. The molecule has 23 heavy (non-hydrogen) atoms. The van der Waals surface area contributed by atoms with Gasteiger partial charge in [-0.05, 0) is 38.8 Å². The van der Waals surface area contributed by atoms with Crippen molar-refractivity contribution < 1.29 is 9.90 Å². The fourth-order valence-corrected chi connectivity index (χ4v) is 3.52. The van der Waals surface area contributed by atoms with Crippen molar-refractivity contribution in [1.82, 2.24) is 15.1 Å². The Kier molecular flexibility index (Phi) is 4.58. The predicted octanol–water partition coefficient (Wildman–Crippen LogP) is 2.81. The highest BCUT2D eigenvalue weighted by Crippen LogP contribution is 2.28. The highest BCUT2D eigenvalue weighted by molar-refractivity contribution is 7.18. The van der Waals surface area contributed by atoms with Gasteiger partial charge in [-0.25, -0.2) is 4.79 Å². The first-order valence-electron chi connectivity index (χ1n) is 7.67. The zero-order valence-corrected chi connectivity index (χ0v) is 14.1. The summed E-state index contributed by atoms with van der Waals surface area (Å²) in [7, 11) is 0. The fraction of sp³-hybridized carbons (Fsp3) is 0.438. The summed E-state index contributed by atoms with van der Waals surface area (Å²) in [6.45, 7) is 5.12. The Morgan fingerprint density at radius 1 is 1.30 bits per heavy atom. The van der Waals surface area contributed by atoms with Crippen molar-refractivity contribution in [2.24, 2.45) is 0 Å². The number of aliphatic hydroxyl groups excluding tert-OH is 1. The summed E-state index contributed by atoms with van der Waals surface area (Å²) < 4.78 is 0. The predicted molar refractivity (Wildman–Crippen MR) is 90.7 cm³/mol. The Hall–Kier alpha value is -1.99. The number of likely N-dealkylation sites (tertiary alicyclic amines) is 1. The molecule has 1 aromatic heterocycles. The number of aliphatic hydroxyl groups is 1. The van der Waals surface area contributed by atoms with E-state index in [1.807, 2.05) is 13.8 Å². The lowest BCUT2D eigenvalue weighted by atomic mass is 10.1. The van der Waals surface area contributed by atoms with Gasteiger partial charge in [0.1, 0.15) is 5.01 Å². The smallest absolute Gasteiger partial charge is 0.323 e. The summed E-state index contributed by atoms with van der Waals surface area (Å²) >= 11 is 1.35. The monoisotopic (exact) mass is 332 g/mol. The Labute approximate surface area is 139 Å². The fourth-order valence-electron chi connectivity index (χ4n) is 2.80. The van der Waals surface area contributed by atoms with Crippen LogP contribution < -0.4 is 5.32 Å². The molecule has 2 aromatic rings. The third-order valence-electron chi connectivity index (χ3n) is 3.79. The molecule has 0 saturated carbocycles. The molecule has 1 saturated heterocycles. The highest BCUT2D eigenvalue weighted by atomic mass is 32.1. The van der Waals surface area contributed by atoms with Crippen LogP contribution in [0.4, 0.5) is 9.93 Å². The van der Waals surface area contributed by atoms with E-state index in [1.54, 1.807) is 4.90 Å². The summed E-state index contributed by atoms with van der Waals surface area (Å²) in [5, 5.41) is 21.9. The molecule has 0 unspecified atom stereocenters. The van der Waals surface area contributed by atoms with E-state index in [9.17, 15) is 9.90 Å². The number of hydrogen-bond donors (Lipinski definition) is 2. The van der Waals surface area contributed by atoms with Gasteiger partial charge in [-0.2, -0.15) is 0 Å². The number of hydrogen-bond acceptors (Lipinski definition) is 5. The number of piperidine rings is 1. The molecule has 2 heterocycles. The van der Waals surface area contributed by atoms with Crippen molar-refractivity contribution in [3.05, 3.63) is 29.3 Å². The first kappa shape index (κ1) is 15.9. The molecule has 7 heteroatoms. The molecule has 1 atom stereocenters. The second-order valence-corrected chi connectivity index (χ2v) is 6.94. The van der Waals surface area contributed by atoms with E-state index in [-0.39, 0.29) is 6.03 Å². The molecule has 3 rings (SSSR count). The van der Waals surface area contributed by atoms with Crippen LogP contribution in [0.3, 0.4) is 0 Å². The van der Waals surface area contributed by atoms with Crippen molar-refractivity contribution in [3.8, 4) is 10.6 Å². The Balaban J connectivity index is 1.70. The van der Waals surface area contributed by atoms with Crippen LogP contribution in [0.1, 0.15) is 24.0 Å². The van der Waals surface area contributed by atoms with E-state index in [1.165, 1.54) is 22.5 Å². The molecule has 1 fully saturated rings. The SMILES string of the molecule is Cc1cc(C)cc(-c2nnc(NC(=O)N3CCC[C@@H](O)C3)s2)c1. The maximum absolute atomic E-state index is 12.2. The third kappa shape index (κ3) is 3.86. The average Bonchev–Trinajstić information content (AvgIpc) is 2.95. The number of aromatic nitrogens is 2. The van der Waals surface area contributed by atoms with E-state index in [0.29, 0.717) is 18.2 Å². The molecule has 6 nitrogen and oxygen atoms in total. The number of rotatable bonds is 2. The minimum atomic E-state index is -0.435. The van der Waals surface area contributed by atoms with Gasteiger partial charge in [-0.15, -0.1) is 10.2 Å². The minimum Gasteiger partial charge on any atom is -0.391 e. The topological polar surface area (TPSA) is 78.4 Å². The quantitative estimate of drug-likeness (QED) is 0.886. The van der Waals surface area contributed by atoms with Crippen molar-refractivity contribution >= 4 is 22.5 Å². The van der Waals surface area contributed by atoms with Crippen LogP contribution in [0.2, 0.25) is 0 Å². The Morgan fingerprint density at radius 2 is 2.04 bits per heavy atom. The first-order valence-corrected chi connectivity index (χ1v) is 8.49. The van der Waals surface area contributed by atoms with E-state index >= 15 is 0 Å². The molecule has 2 amide bonds. The largest absolute Gasteiger partial charge is 0.391 e. The van der Waals surface area contributed by atoms with E-state index < -0.39 is 6.10 Å². The summed E-state index contributed by atoms with van der Waals surface area (Å²) in [5.74, 6) is 0. The molecule has 1 aliphatic rings. The molecule has 0 spiro atoms. The number of benzene rings is 1. The molecule has 1 aliphatic heterocycles. The van der Waals surface area contributed by atoms with Crippen LogP contribution >= 0.6 is 11.3 Å². The van der Waals surface area contributed by atoms with Crippen molar-refractivity contribution in [2.45, 2.75) is 32.8 Å². The van der Waals surface area contributed by atoms with E-state index in [0.717, 1.165) is 23.4 Å². The molecule has 2 N–H and O–H groups in total. The third-order valence-corrected chi connectivity index (χ3v) is 4.68. The lowest BCUT2D eigenvalue weighted by molar-refractivity contribution is 0.0883. The van der Waals surface area contributed by atoms with Gasteiger partial charge in [-0.3, -0.25) is 5.32 Å². The van der Waals surface area contributed by atoms with Gasteiger partial charge in [-0.1, -0.05) is 28.5 Å². The second-order valence-electron chi connectivity index (χ2n) is 5.96. The number of urea groups is 1. The Bertz CT molecular complexity index is 696. The van der Waals surface area contributed by atoms with Gasteiger partial charge in [0, 0.05) is 18.7 Å². The van der Waals surface area contributed by atoms with Gasteiger partial charge in [0.05, 0.1) is 6.10 Å². The van der Waals surface area contributed by atoms with Gasteiger partial charge >= 0.3 is 6.03 Å². The summed E-state index contributed by atoms with van der Waals surface area (Å²) in [4.78, 5) is 13.8. The standard InChI is InChI=1S/C16H20N4O2S/c1-10-6-11(2)8-12(7-10)14-18-19-15(23-14)17-16(22)20-5-3-4-13(21)9-20/h6-8,13,21H,3-5,9H2,1-2H3,(H,17,19,22)/t13-/m1/s1. The van der Waals surface area contributed by atoms with E-state index in [4.69, 9.17) is 0 Å². The lowest BCUT2D eigenvalue weighted by Gasteiger charge is -2.29. The van der Waals surface area contributed by atoms with Gasteiger partial charge in [0.15, 0.2) is 0 Å². The number of nitrogens with one attached hydrogen (secondary N) is 1. The average molecular weight is 332 g/mol. The molecule has 0 bridgehead atoms. The van der Waals surface area contributed by atoms with Gasteiger partial charge < -0.3 is 10.0 Å². The molecular weight excluding hydrogens is 312 g/mol. The number of carbonyl (C=O) groups is 1. The molecule has 0 radical (unpaired) electrons. The zero-order chi connectivity index (χ0) is 16.4. The van der Waals surface area contributed by atoms with Crippen molar-refractivity contribution in [1.29, 1.82) is 0 Å². The second kappa shape index (κ2) is 6.64. The number of aryl methyl sites for hydroxylation is 2. The van der Waals surface area contributed by atoms with Crippen LogP contribution in [-0.2, 0) is 0 Å². The highest BCUT2D eigenvalue weighted by Gasteiger charge is 2.23. The minimum absolute atomic E-state index is 0.230. The summed E-state index contributed by atoms with van der Waals surface area (Å²) in [6, 6.07) is 5.99. The maximum Gasteiger partial charge on any atom is 0.323 e. The molecule has 122 valence electrons. The Morgan fingerprint density at radius 3 is 2.74 bits per heavy atom. The van der Waals surface area contributed by atoms with E-state index in [2.05, 4.69) is 33.7 Å². The number of carbonyl (C=O) groups excluding carboxylic acids is 1. The van der Waals surface area contributed by atoms with Crippen LogP contribution in [-0.4, -0.2) is 45.4 Å². The van der Waals surface area contributed by atoms with Gasteiger partial charge in [0.25, 0.3) is 0 Å². The number of nitrogens with zero attached hydrogens (tertiary/aromatic N) is 3. The van der Waals surface area contributed by atoms with Crippen molar-refractivity contribution in [3.63, 3.8) is 0 Å². The zero-order valence-electron chi connectivity index (χ0n) is 13.2.